The Labute approximate surface area is 111 Å². The molecule has 1 heterocycles. The molecule has 0 spiro atoms. The van der Waals surface area contributed by atoms with Gasteiger partial charge in [-0.3, -0.25) is 9.78 Å². The molecule has 0 atom stereocenters. The number of nitrogens with one attached hydrogen (secondary N) is 1. The van der Waals surface area contributed by atoms with Gasteiger partial charge in [-0.15, -0.1) is 0 Å². The van der Waals surface area contributed by atoms with Gasteiger partial charge in [-0.2, -0.15) is 0 Å². The molecule has 0 bridgehead atoms. The highest BCUT2D eigenvalue weighted by Crippen LogP contribution is 2.24. The predicted molar refractivity (Wildman–Crippen MR) is 68.0 cm³/mol. The average Bonchev–Trinajstić information content (AvgIpc) is 2.33. The summed E-state index contributed by atoms with van der Waals surface area (Å²) in [5.41, 5.74) is 0.513. The third kappa shape index (κ3) is 2.65. The second-order valence-corrected chi connectivity index (χ2v) is 4.33. The first-order chi connectivity index (χ1) is 8.58. The molecule has 0 saturated heterocycles. The molecule has 0 aliphatic rings. The van der Waals surface area contributed by atoms with Gasteiger partial charge in [-0.25, -0.2) is 4.39 Å². The van der Waals surface area contributed by atoms with Crippen LogP contribution < -0.4 is 5.32 Å². The number of rotatable bonds is 2. The molecular weight excluding hydrogens is 303 g/mol. The number of hydrogen-bond donors (Lipinski definition) is 2. The maximum absolute atomic E-state index is 12.9. The van der Waals surface area contributed by atoms with Gasteiger partial charge in [-0.1, -0.05) is 0 Å². The van der Waals surface area contributed by atoms with Crippen LogP contribution in [0.25, 0.3) is 0 Å². The van der Waals surface area contributed by atoms with E-state index in [-0.39, 0.29) is 11.3 Å². The van der Waals surface area contributed by atoms with Crippen LogP contribution in [-0.2, 0) is 0 Å². The van der Waals surface area contributed by atoms with Gasteiger partial charge in [0.1, 0.15) is 11.6 Å². The van der Waals surface area contributed by atoms with Crippen molar-refractivity contribution < 1.29 is 14.3 Å². The quantitative estimate of drug-likeness (QED) is 0.896. The summed E-state index contributed by atoms with van der Waals surface area (Å²) in [5.74, 6) is -1.12. The smallest absolute Gasteiger partial charge is 0.259 e. The Balaban J connectivity index is 2.24. The first-order valence-electron chi connectivity index (χ1n) is 4.97. The largest absolute Gasteiger partial charge is 0.505 e. The van der Waals surface area contributed by atoms with Crippen molar-refractivity contribution in [2.75, 3.05) is 5.32 Å². The molecule has 0 radical (unpaired) electrons. The van der Waals surface area contributed by atoms with E-state index in [0.29, 0.717) is 10.2 Å². The van der Waals surface area contributed by atoms with E-state index < -0.39 is 11.7 Å². The summed E-state index contributed by atoms with van der Waals surface area (Å²) in [5, 5.41) is 12.0. The lowest BCUT2D eigenvalue weighted by Crippen LogP contribution is -2.12. The molecule has 2 rings (SSSR count). The summed E-state index contributed by atoms with van der Waals surface area (Å²) in [4.78, 5) is 15.5. The standard InChI is InChI=1S/C12H8BrFN2O2/c13-9-5-7(14)1-2-10(9)16-12(18)8-3-4-15-6-11(8)17/h1-6,17H,(H,16,18). The van der Waals surface area contributed by atoms with Crippen molar-refractivity contribution in [2.45, 2.75) is 0 Å². The normalized spacial score (nSPS) is 10.1. The third-order valence-electron chi connectivity index (χ3n) is 2.22. The maximum atomic E-state index is 12.9. The summed E-state index contributed by atoms with van der Waals surface area (Å²) >= 11 is 3.14. The van der Waals surface area contributed by atoms with Crippen molar-refractivity contribution in [1.29, 1.82) is 0 Å². The molecule has 18 heavy (non-hydrogen) atoms. The lowest BCUT2D eigenvalue weighted by Gasteiger charge is -2.08. The SMILES string of the molecule is O=C(Nc1ccc(F)cc1Br)c1ccncc1O. The zero-order valence-electron chi connectivity index (χ0n) is 9.02. The lowest BCUT2D eigenvalue weighted by atomic mass is 10.2. The predicted octanol–water partition coefficient (Wildman–Crippen LogP) is 2.94. The van der Waals surface area contributed by atoms with Crippen LogP contribution >= 0.6 is 15.9 Å². The molecule has 0 fully saturated rings. The van der Waals surface area contributed by atoms with Crippen molar-refractivity contribution in [3.8, 4) is 5.75 Å². The van der Waals surface area contributed by atoms with Crippen LogP contribution in [0.5, 0.6) is 5.75 Å². The van der Waals surface area contributed by atoms with E-state index in [4.69, 9.17) is 0 Å². The fourth-order valence-electron chi connectivity index (χ4n) is 1.36. The van der Waals surface area contributed by atoms with E-state index >= 15 is 0 Å². The Kier molecular flexibility index (Phi) is 3.57. The van der Waals surface area contributed by atoms with E-state index in [2.05, 4.69) is 26.2 Å². The highest BCUT2D eigenvalue weighted by Gasteiger charge is 2.12. The van der Waals surface area contributed by atoms with Gasteiger partial charge in [0.2, 0.25) is 0 Å². The van der Waals surface area contributed by atoms with Gasteiger partial charge < -0.3 is 10.4 Å². The van der Waals surface area contributed by atoms with Crippen LogP contribution in [0.1, 0.15) is 10.4 Å². The van der Waals surface area contributed by atoms with E-state index in [0.717, 1.165) is 0 Å². The molecule has 1 amide bonds. The maximum Gasteiger partial charge on any atom is 0.259 e. The molecule has 1 aromatic heterocycles. The molecule has 0 saturated carbocycles. The van der Waals surface area contributed by atoms with Gasteiger partial charge in [-0.05, 0) is 40.2 Å². The Morgan fingerprint density at radius 2 is 2.17 bits per heavy atom. The van der Waals surface area contributed by atoms with Crippen LogP contribution in [0.15, 0.2) is 41.1 Å². The molecule has 1 aromatic carbocycles. The van der Waals surface area contributed by atoms with Gasteiger partial charge in [0, 0.05) is 10.7 Å². The van der Waals surface area contributed by atoms with Crippen molar-refractivity contribution >= 4 is 27.5 Å². The Hall–Kier alpha value is -1.95. The van der Waals surface area contributed by atoms with Gasteiger partial charge >= 0.3 is 0 Å². The summed E-state index contributed by atoms with van der Waals surface area (Å²) in [6.45, 7) is 0. The second-order valence-electron chi connectivity index (χ2n) is 3.47. The number of carbonyl (C=O) groups is 1. The fraction of sp³-hybridized carbons (Fsp3) is 0. The topological polar surface area (TPSA) is 62.2 Å². The Morgan fingerprint density at radius 3 is 2.83 bits per heavy atom. The van der Waals surface area contributed by atoms with E-state index in [1.165, 1.54) is 36.7 Å². The summed E-state index contributed by atoms with van der Waals surface area (Å²) in [6.07, 6.45) is 2.57. The minimum atomic E-state index is -0.498. The fourth-order valence-corrected chi connectivity index (χ4v) is 1.81. The second kappa shape index (κ2) is 5.14. The van der Waals surface area contributed by atoms with Crippen LogP contribution in [0.4, 0.5) is 10.1 Å². The molecule has 0 aliphatic heterocycles. The van der Waals surface area contributed by atoms with E-state index in [1.54, 1.807) is 0 Å². The summed E-state index contributed by atoms with van der Waals surface area (Å²) in [7, 11) is 0. The number of nitrogens with zero attached hydrogens (tertiary/aromatic N) is 1. The van der Waals surface area contributed by atoms with Crippen molar-refractivity contribution in [3.05, 3.63) is 52.5 Å². The number of hydrogen-bond acceptors (Lipinski definition) is 3. The van der Waals surface area contributed by atoms with Gasteiger partial charge in [0.05, 0.1) is 17.4 Å². The lowest BCUT2D eigenvalue weighted by molar-refractivity contribution is 0.102. The Morgan fingerprint density at radius 1 is 1.39 bits per heavy atom. The van der Waals surface area contributed by atoms with Crippen molar-refractivity contribution in [1.82, 2.24) is 4.98 Å². The zero-order chi connectivity index (χ0) is 13.1. The average molecular weight is 311 g/mol. The number of carbonyl (C=O) groups excluding carboxylic acids is 1. The third-order valence-corrected chi connectivity index (χ3v) is 2.88. The summed E-state index contributed by atoms with van der Waals surface area (Å²) in [6, 6.07) is 5.28. The molecular formula is C12H8BrFN2O2. The first kappa shape index (κ1) is 12.5. The first-order valence-corrected chi connectivity index (χ1v) is 5.76. The van der Waals surface area contributed by atoms with Crippen LogP contribution in [0, 0.1) is 5.82 Å². The van der Waals surface area contributed by atoms with E-state index in [9.17, 15) is 14.3 Å². The minimum absolute atomic E-state index is 0.0984. The molecule has 6 heteroatoms. The van der Waals surface area contributed by atoms with Crippen molar-refractivity contribution in [3.63, 3.8) is 0 Å². The number of pyridine rings is 1. The molecule has 0 unspecified atom stereocenters. The molecule has 4 nitrogen and oxygen atoms in total. The van der Waals surface area contributed by atoms with Gasteiger partial charge in [0.15, 0.2) is 0 Å². The number of anilines is 1. The number of halogens is 2. The molecule has 2 N–H and O–H groups in total. The van der Waals surface area contributed by atoms with Crippen molar-refractivity contribution in [2.24, 2.45) is 0 Å². The van der Waals surface area contributed by atoms with Crippen LogP contribution in [-0.4, -0.2) is 16.0 Å². The number of benzene rings is 1. The molecule has 0 aliphatic carbocycles. The van der Waals surface area contributed by atoms with E-state index in [1.807, 2.05) is 0 Å². The molecule has 2 aromatic rings. The zero-order valence-corrected chi connectivity index (χ0v) is 10.6. The highest BCUT2D eigenvalue weighted by molar-refractivity contribution is 9.10. The van der Waals surface area contributed by atoms with Crippen LogP contribution in [0.3, 0.4) is 0 Å². The number of amides is 1. The monoisotopic (exact) mass is 310 g/mol. The number of aromatic hydroxyl groups is 1. The highest BCUT2D eigenvalue weighted by atomic mass is 79.9. The summed E-state index contributed by atoms with van der Waals surface area (Å²) < 4.78 is 13.3. The Bertz CT molecular complexity index is 604. The number of aromatic nitrogens is 1. The minimum Gasteiger partial charge on any atom is -0.505 e. The van der Waals surface area contributed by atoms with Gasteiger partial charge in [0.25, 0.3) is 5.91 Å². The molecule has 92 valence electrons. The van der Waals surface area contributed by atoms with Crippen LogP contribution in [0.2, 0.25) is 0 Å².